The quantitative estimate of drug-likeness (QED) is 0.785. The van der Waals surface area contributed by atoms with Gasteiger partial charge in [-0.3, -0.25) is 9.69 Å². The summed E-state index contributed by atoms with van der Waals surface area (Å²) in [5, 5.41) is 0.506. The molecule has 134 valence electrons. The fourth-order valence-electron chi connectivity index (χ4n) is 2.47. The van der Waals surface area contributed by atoms with Gasteiger partial charge in [-0.1, -0.05) is 11.6 Å². The molecule has 0 radical (unpaired) electrons. The molecular formula is C16H24ClN3O3S. The highest BCUT2D eigenvalue weighted by Crippen LogP contribution is 2.19. The van der Waals surface area contributed by atoms with E-state index in [0.717, 1.165) is 0 Å². The highest BCUT2D eigenvalue weighted by atomic mass is 35.5. The Balaban J connectivity index is 1.95. The van der Waals surface area contributed by atoms with Gasteiger partial charge in [0.15, 0.2) is 0 Å². The Morgan fingerprint density at radius 1 is 1.17 bits per heavy atom. The van der Waals surface area contributed by atoms with Gasteiger partial charge in [0.1, 0.15) is 0 Å². The summed E-state index contributed by atoms with van der Waals surface area (Å²) < 4.78 is 26.7. The summed E-state index contributed by atoms with van der Waals surface area (Å²) in [7, 11) is -1.72. The van der Waals surface area contributed by atoms with Crippen molar-refractivity contribution in [2.24, 2.45) is 0 Å². The van der Waals surface area contributed by atoms with Crippen LogP contribution in [0.1, 0.15) is 13.8 Å². The van der Waals surface area contributed by atoms with Crippen LogP contribution in [0, 0.1) is 0 Å². The van der Waals surface area contributed by atoms with Gasteiger partial charge in [0.25, 0.3) is 0 Å². The predicted octanol–water partition coefficient (Wildman–Crippen LogP) is 1.51. The monoisotopic (exact) mass is 373 g/mol. The van der Waals surface area contributed by atoms with Crippen LogP contribution >= 0.6 is 11.6 Å². The molecule has 0 aliphatic carbocycles. The number of nitrogens with zero attached hydrogens (tertiary/aromatic N) is 3. The minimum atomic E-state index is -3.51. The number of rotatable bonds is 5. The molecule has 0 bridgehead atoms. The lowest BCUT2D eigenvalue weighted by Crippen LogP contribution is -2.51. The highest BCUT2D eigenvalue weighted by Gasteiger charge is 2.29. The first kappa shape index (κ1) is 19.2. The molecular weight excluding hydrogens is 350 g/mol. The van der Waals surface area contributed by atoms with Gasteiger partial charge in [-0.2, -0.15) is 4.31 Å². The Bertz CT molecular complexity index is 668. The van der Waals surface area contributed by atoms with Gasteiger partial charge < -0.3 is 4.90 Å². The van der Waals surface area contributed by atoms with E-state index in [4.69, 9.17) is 11.6 Å². The third kappa shape index (κ3) is 4.47. The molecule has 0 aromatic heterocycles. The summed E-state index contributed by atoms with van der Waals surface area (Å²) in [5.41, 5.74) is 0. The molecule has 1 aromatic carbocycles. The molecule has 1 fully saturated rings. The fraction of sp³-hybridized carbons (Fsp3) is 0.562. The van der Waals surface area contributed by atoms with Gasteiger partial charge in [0, 0.05) is 44.3 Å². The second-order valence-electron chi connectivity index (χ2n) is 6.23. The first-order valence-electron chi connectivity index (χ1n) is 7.95. The SMILES string of the molecule is CC(C)N(C)C(=O)CN1CCN(S(=O)(=O)c2ccc(Cl)cc2)CC1. The molecule has 2 rings (SSSR count). The highest BCUT2D eigenvalue weighted by molar-refractivity contribution is 7.89. The molecule has 1 heterocycles. The molecule has 24 heavy (non-hydrogen) atoms. The smallest absolute Gasteiger partial charge is 0.243 e. The van der Waals surface area contributed by atoms with Crippen molar-refractivity contribution in [3.63, 3.8) is 0 Å². The number of carbonyl (C=O) groups excluding carboxylic acids is 1. The predicted molar refractivity (Wildman–Crippen MR) is 94.6 cm³/mol. The molecule has 0 atom stereocenters. The van der Waals surface area contributed by atoms with Crippen molar-refractivity contribution in [3.05, 3.63) is 29.3 Å². The van der Waals surface area contributed by atoms with E-state index >= 15 is 0 Å². The number of piperazine rings is 1. The summed E-state index contributed by atoms with van der Waals surface area (Å²) in [6.07, 6.45) is 0. The maximum atomic E-state index is 12.6. The minimum absolute atomic E-state index is 0.0546. The molecule has 1 aliphatic rings. The lowest BCUT2D eigenvalue weighted by Gasteiger charge is -2.34. The average molecular weight is 374 g/mol. The van der Waals surface area contributed by atoms with Crippen LogP contribution in [0.3, 0.4) is 0 Å². The molecule has 0 N–H and O–H groups in total. The topological polar surface area (TPSA) is 60.9 Å². The van der Waals surface area contributed by atoms with Crippen LogP contribution in [0.2, 0.25) is 5.02 Å². The number of sulfonamides is 1. The van der Waals surface area contributed by atoms with Crippen LogP contribution in [0.4, 0.5) is 0 Å². The summed E-state index contributed by atoms with van der Waals surface area (Å²) in [4.78, 5) is 16.1. The number of hydrogen-bond donors (Lipinski definition) is 0. The van der Waals surface area contributed by atoms with Gasteiger partial charge in [-0.15, -0.1) is 0 Å². The van der Waals surface area contributed by atoms with Crippen LogP contribution in [0.25, 0.3) is 0 Å². The van der Waals surface area contributed by atoms with E-state index in [0.29, 0.717) is 37.7 Å². The molecule has 6 nitrogen and oxygen atoms in total. The fourth-order valence-corrected chi connectivity index (χ4v) is 4.02. The average Bonchev–Trinajstić information content (AvgIpc) is 2.55. The third-order valence-electron chi connectivity index (χ3n) is 4.31. The second-order valence-corrected chi connectivity index (χ2v) is 8.61. The van der Waals surface area contributed by atoms with E-state index in [2.05, 4.69) is 0 Å². The standard InChI is InChI=1S/C16H24ClN3O3S/c1-13(2)18(3)16(21)12-19-8-10-20(11-9-19)24(22,23)15-6-4-14(17)5-7-15/h4-7,13H,8-12H2,1-3H3. The number of halogens is 1. The maximum Gasteiger partial charge on any atom is 0.243 e. The molecule has 1 aromatic rings. The Hall–Kier alpha value is -1.15. The van der Waals surface area contributed by atoms with Crippen molar-refractivity contribution in [2.75, 3.05) is 39.8 Å². The maximum absolute atomic E-state index is 12.6. The Morgan fingerprint density at radius 3 is 2.21 bits per heavy atom. The zero-order valence-corrected chi connectivity index (χ0v) is 15.8. The van der Waals surface area contributed by atoms with E-state index in [1.165, 1.54) is 16.4 Å². The zero-order valence-electron chi connectivity index (χ0n) is 14.3. The van der Waals surface area contributed by atoms with Crippen LogP contribution < -0.4 is 0 Å². The Morgan fingerprint density at radius 2 is 1.71 bits per heavy atom. The van der Waals surface area contributed by atoms with Crippen LogP contribution in [0.15, 0.2) is 29.2 Å². The zero-order chi connectivity index (χ0) is 17.9. The van der Waals surface area contributed by atoms with E-state index in [-0.39, 0.29) is 16.8 Å². The summed E-state index contributed by atoms with van der Waals surface area (Å²) in [6, 6.07) is 6.34. The normalized spacial score (nSPS) is 17.2. The lowest BCUT2D eigenvalue weighted by molar-refractivity contribution is -0.132. The van der Waals surface area contributed by atoms with Gasteiger partial charge in [-0.05, 0) is 38.1 Å². The first-order chi connectivity index (χ1) is 11.2. The van der Waals surface area contributed by atoms with E-state index < -0.39 is 10.0 Å². The van der Waals surface area contributed by atoms with Crippen LogP contribution in [-0.2, 0) is 14.8 Å². The Labute approximate surface area is 149 Å². The summed E-state index contributed by atoms with van der Waals surface area (Å²) in [6.45, 7) is 6.11. The number of hydrogen-bond acceptors (Lipinski definition) is 4. The van der Waals surface area contributed by atoms with Gasteiger partial charge >= 0.3 is 0 Å². The van der Waals surface area contributed by atoms with E-state index in [1.807, 2.05) is 18.7 Å². The van der Waals surface area contributed by atoms with Crippen molar-refractivity contribution >= 4 is 27.5 Å². The van der Waals surface area contributed by atoms with Crippen LogP contribution in [0.5, 0.6) is 0 Å². The number of amides is 1. The van der Waals surface area contributed by atoms with Crippen molar-refractivity contribution in [2.45, 2.75) is 24.8 Å². The third-order valence-corrected chi connectivity index (χ3v) is 6.47. The van der Waals surface area contributed by atoms with Crippen molar-refractivity contribution in [1.82, 2.24) is 14.1 Å². The lowest BCUT2D eigenvalue weighted by atomic mass is 10.3. The van der Waals surface area contributed by atoms with Crippen LogP contribution in [-0.4, -0.2) is 74.2 Å². The molecule has 0 unspecified atom stereocenters. The van der Waals surface area contributed by atoms with Gasteiger partial charge in [0.05, 0.1) is 11.4 Å². The van der Waals surface area contributed by atoms with Crippen molar-refractivity contribution in [3.8, 4) is 0 Å². The number of benzene rings is 1. The van der Waals surface area contributed by atoms with E-state index in [9.17, 15) is 13.2 Å². The second kappa shape index (κ2) is 7.82. The van der Waals surface area contributed by atoms with E-state index in [1.54, 1.807) is 24.1 Å². The number of likely N-dealkylation sites (N-methyl/N-ethyl adjacent to an activating group) is 1. The molecule has 1 saturated heterocycles. The molecule has 0 saturated carbocycles. The van der Waals surface area contributed by atoms with Crippen molar-refractivity contribution < 1.29 is 13.2 Å². The van der Waals surface area contributed by atoms with Gasteiger partial charge in [-0.25, -0.2) is 8.42 Å². The minimum Gasteiger partial charge on any atom is -0.342 e. The number of carbonyl (C=O) groups is 1. The molecule has 1 amide bonds. The molecule has 0 spiro atoms. The summed E-state index contributed by atoms with van der Waals surface area (Å²) in [5.74, 6) is 0.0546. The Kier molecular flexibility index (Phi) is 6.25. The largest absolute Gasteiger partial charge is 0.342 e. The first-order valence-corrected chi connectivity index (χ1v) is 9.77. The molecule has 8 heteroatoms. The summed E-state index contributed by atoms with van der Waals surface area (Å²) >= 11 is 5.81. The van der Waals surface area contributed by atoms with Crippen molar-refractivity contribution in [1.29, 1.82) is 0 Å². The molecule has 1 aliphatic heterocycles. The van der Waals surface area contributed by atoms with Gasteiger partial charge in [0.2, 0.25) is 15.9 Å².